The third-order valence-corrected chi connectivity index (χ3v) is 4.38. The zero-order chi connectivity index (χ0) is 17.6. The molecule has 5 nitrogen and oxygen atoms in total. The fraction of sp³-hybridized carbons (Fsp3) is 0.300. The van der Waals surface area contributed by atoms with E-state index in [1.807, 2.05) is 23.1 Å². The molecule has 130 valence electrons. The summed E-state index contributed by atoms with van der Waals surface area (Å²) in [7, 11) is 0. The van der Waals surface area contributed by atoms with Crippen LogP contribution >= 0.6 is 0 Å². The highest BCUT2D eigenvalue weighted by Crippen LogP contribution is 2.23. The Morgan fingerprint density at radius 3 is 2.68 bits per heavy atom. The predicted molar refractivity (Wildman–Crippen MR) is 93.7 cm³/mol. The van der Waals surface area contributed by atoms with E-state index in [-0.39, 0.29) is 5.91 Å². The second kappa shape index (κ2) is 7.83. The van der Waals surface area contributed by atoms with Gasteiger partial charge >= 0.3 is 5.97 Å². The number of hydrogen-bond acceptors (Lipinski definition) is 3. The summed E-state index contributed by atoms with van der Waals surface area (Å²) in [5.74, 6) is -0.206. The third kappa shape index (κ3) is 4.59. The van der Waals surface area contributed by atoms with Crippen LogP contribution in [0.5, 0.6) is 5.75 Å². The molecule has 1 heterocycles. The molecule has 0 spiro atoms. The summed E-state index contributed by atoms with van der Waals surface area (Å²) in [5.41, 5.74) is 1.83. The van der Waals surface area contributed by atoms with Crippen molar-refractivity contribution in [1.29, 1.82) is 0 Å². The van der Waals surface area contributed by atoms with Crippen LogP contribution < -0.4 is 4.74 Å². The van der Waals surface area contributed by atoms with Crippen LogP contribution in [0.2, 0.25) is 0 Å². The van der Waals surface area contributed by atoms with E-state index >= 15 is 0 Å². The van der Waals surface area contributed by atoms with Crippen LogP contribution in [0.3, 0.4) is 0 Å². The standard InChI is InChI=1S/C20H21NO4/c22-19(23)14-25-18-8-4-7-17(12-18)20(24)21-10-9-16(13-21)11-15-5-2-1-3-6-15/h1-8,12,16H,9-11,13-14H2,(H,22,23). The van der Waals surface area contributed by atoms with Crippen molar-refractivity contribution in [2.24, 2.45) is 5.92 Å². The number of carbonyl (C=O) groups is 2. The van der Waals surface area contributed by atoms with Crippen molar-refractivity contribution in [2.45, 2.75) is 12.8 Å². The maximum atomic E-state index is 12.7. The first kappa shape index (κ1) is 17.0. The molecule has 0 saturated carbocycles. The van der Waals surface area contributed by atoms with Gasteiger partial charge < -0.3 is 14.7 Å². The molecule has 2 aromatic carbocycles. The summed E-state index contributed by atoms with van der Waals surface area (Å²) in [6, 6.07) is 17.0. The first-order valence-electron chi connectivity index (χ1n) is 8.39. The lowest BCUT2D eigenvalue weighted by molar-refractivity contribution is -0.139. The summed E-state index contributed by atoms with van der Waals surface area (Å²) >= 11 is 0. The Hall–Kier alpha value is -2.82. The number of aliphatic carboxylic acids is 1. The van der Waals surface area contributed by atoms with E-state index in [2.05, 4.69) is 12.1 Å². The highest BCUT2D eigenvalue weighted by molar-refractivity contribution is 5.94. The minimum Gasteiger partial charge on any atom is -0.482 e. The molecule has 2 aromatic rings. The molecule has 0 radical (unpaired) electrons. The van der Waals surface area contributed by atoms with Gasteiger partial charge in [-0.2, -0.15) is 0 Å². The number of carbonyl (C=O) groups excluding carboxylic acids is 1. The maximum absolute atomic E-state index is 12.7. The Labute approximate surface area is 146 Å². The van der Waals surface area contributed by atoms with Gasteiger partial charge in [-0.15, -0.1) is 0 Å². The molecule has 1 unspecified atom stereocenters. The molecule has 1 fully saturated rings. The van der Waals surface area contributed by atoms with E-state index in [9.17, 15) is 9.59 Å². The molecule has 5 heteroatoms. The number of benzene rings is 2. The van der Waals surface area contributed by atoms with Crippen molar-refractivity contribution >= 4 is 11.9 Å². The van der Waals surface area contributed by atoms with Gasteiger partial charge in [0.1, 0.15) is 5.75 Å². The van der Waals surface area contributed by atoms with Gasteiger partial charge in [0, 0.05) is 18.7 Å². The molecule has 1 N–H and O–H groups in total. The molecule has 3 rings (SSSR count). The lowest BCUT2D eigenvalue weighted by Gasteiger charge is -2.17. The van der Waals surface area contributed by atoms with E-state index in [1.165, 1.54) is 5.56 Å². The minimum atomic E-state index is -1.04. The van der Waals surface area contributed by atoms with Crippen LogP contribution in [0.25, 0.3) is 0 Å². The highest BCUT2D eigenvalue weighted by Gasteiger charge is 2.27. The average molecular weight is 339 g/mol. The van der Waals surface area contributed by atoms with Gasteiger partial charge in [0.15, 0.2) is 6.61 Å². The van der Waals surface area contributed by atoms with Crippen molar-refractivity contribution in [3.8, 4) is 5.75 Å². The fourth-order valence-corrected chi connectivity index (χ4v) is 3.18. The highest BCUT2D eigenvalue weighted by atomic mass is 16.5. The van der Waals surface area contributed by atoms with Gasteiger partial charge in [-0.25, -0.2) is 4.79 Å². The van der Waals surface area contributed by atoms with Crippen LogP contribution in [0, 0.1) is 5.92 Å². The fourth-order valence-electron chi connectivity index (χ4n) is 3.18. The SMILES string of the molecule is O=C(O)COc1cccc(C(=O)N2CCC(Cc3ccccc3)C2)c1. The van der Waals surface area contributed by atoms with Crippen molar-refractivity contribution in [3.63, 3.8) is 0 Å². The number of nitrogens with zero attached hydrogens (tertiary/aromatic N) is 1. The number of hydrogen-bond donors (Lipinski definition) is 1. The number of carboxylic acids is 1. The van der Waals surface area contributed by atoms with Gasteiger partial charge in [-0.1, -0.05) is 36.4 Å². The van der Waals surface area contributed by atoms with Crippen LogP contribution in [0.1, 0.15) is 22.3 Å². The molecular formula is C20H21NO4. The lowest BCUT2D eigenvalue weighted by Crippen LogP contribution is -2.29. The molecule has 1 saturated heterocycles. The Morgan fingerprint density at radius 1 is 1.12 bits per heavy atom. The number of ether oxygens (including phenoxy) is 1. The van der Waals surface area contributed by atoms with Crippen molar-refractivity contribution < 1.29 is 19.4 Å². The van der Waals surface area contributed by atoms with Gasteiger partial charge in [-0.05, 0) is 42.5 Å². The predicted octanol–water partition coefficient (Wildman–Crippen LogP) is 2.85. The molecule has 1 amide bonds. The number of carboxylic acid groups (broad SMARTS) is 1. The summed E-state index contributed by atoms with van der Waals surface area (Å²) in [6.45, 7) is 1.07. The summed E-state index contributed by atoms with van der Waals surface area (Å²) in [6.07, 6.45) is 1.97. The van der Waals surface area contributed by atoms with Crippen LogP contribution in [0.4, 0.5) is 0 Å². The Kier molecular flexibility index (Phi) is 5.33. The summed E-state index contributed by atoms with van der Waals surface area (Å²) in [4.78, 5) is 25.1. The van der Waals surface area contributed by atoms with Gasteiger partial charge in [-0.3, -0.25) is 4.79 Å². The average Bonchev–Trinajstić information content (AvgIpc) is 3.09. The molecule has 1 atom stereocenters. The molecule has 1 aliphatic heterocycles. The Balaban J connectivity index is 1.60. The van der Waals surface area contributed by atoms with E-state index in [1.54, 1.807) is 24.3 Å². The topological polar surface area (TPSA) is 66.8 Å². The van der Waals surface area contributed by atoms with Gasteiger partial charge in [0.2, 0.25) is 0 Å². The Bertz CT molecular complexity index is 744. The Morgan fingerprint density at radius 2 is 1.92 bits per heavy atom. The van der Waals surface area contributed by atoms with E-state index < -0.39 is 12.6 Å². The number of amides is 1. The zero-order valence-electron chi connectivity index (χ0n) is 13.9. The van der Waals surface area contributed by atoms with Crippen molar-refractivity contribution in [3.05, 3.63) is 65.7 Å². The first-order chi connectivity index (χ1) is 12.1. The molecule has 25 heavy (non-hydrogen) atoms. The summed E-state index contributed by atoms with van der Waals surface area (Å²) < 4.78 is 5.15. The molecular weight excluding hydrogens is 318 g/mol. The second-order valence-corrected chi connectivity index (χ2v) is 6.31. The normalized spacial score (nSPS) is 16.6. The largest absolute Gasteiger partial charge is 0.482 e. The zero-order valence-corrected chi connectivity index (χ0v) is 13.9. The molecule has 1 aliphatic rings. The molecule has 0 aromatic heterocycles. The molecule has 0 bridgehead atoms. The van der Waals surface area contributed by atoms with E-state index in [0.717, 1.165) is 25.9 Å². The van der Waals surface area contributed by atoms with E-state index in [0.29, 0.717) is 17.2 Å². The van der Waals surface area contributed by atoms with Crippen molar-refractivity contribution in [2.75, 3.05) is 19.7 Å². The third-order valence-electron chi connectivity index (χ3n) is 4.38. The summed E-state index contributed by atoms with van der Waals surface area (Å²) in [5, 5.41) is 8.68. The number of likely N-dealkylation sites (tertiary alicyclic amines) is 1. The van der Waals surface area contributed by atoms with Crippen LogP contribution in [0.15, 0.2) is 54.6 Å². The first-order valence-corrected chi connectivity index (χ1v) is 8.39. The van der Waals surface area contributed by atoms with E-state index in [4.69, 9.17) is 9.84 Å². The number of rotatable bonds is 6. The monoisotopic (exact) mass is 339 g/mol. The lowest BCUT2D eigenvalue weighted by atomic mass is 9.99. The molecule has 0 aliphatic carbocycles. The van der Waals surface area contributed by atoms with Crippen LogP contribution in [-0.2, 0) is 11.2 Å². The van der Waals surface area contributed by atoms with Gasteiger partial charge in [0.25, 0.3) is 5.91 Å². The minimum absolute atomic E-state index is 0.0312. The van der Waals surface area contributed by atoms with Crippen LogP contribution in [-0.4, -0.2) is 41.6 Å². The smallest absolute Gasteiger partial charge is 0.341 e. The quantitative estimate of drug-likeness (QED) is 0.879. The van der Waals surface area contributed by atoms with Crippen molar-refractivity contribution in [1.82, 2.24) is 4.90 Å². The second-order valence-electron chi connectivity index (χ2n) is 6.31. The van der Waals surface area contributed by atoms with Gasteiger partial charge in [0.05, 0.1) is 0 Å². The maximum Gasteiger partial charge on any atom is 0.341 e.